The normalized spacial score (nSPS) is 10.7. The zero-order chi connectivity index (χ0) is 20.0. The number of hydrogen-bond acceptors (Lipinski definition) is 5. The molecule has 1 N–H and O–H groups in total. The van der Waals surface area contributed by atoms with Crippen LogP contribution in [0.4, 0.5) is 0 Å². The third-order valence-corrected chi connectivity index (χ3v) is 4.79. The van der Waals surface area contributed by atoms with Gasteiger partial charge in [0, 0.05) is 6.42 Å². The van der Waals surface area contributed by atoms with E-state index < -0.39 is 0 Å². The number of ether oxygens (including phenoxy) is 2. The van der Waals surface area contributed by atoms with Crippen LogP contribution < -0.4 is 5.32 Å². The lowest BCUT2D eigenvalue weighted by molar-refractivity contribution is -0.142. The number of methoxy groups -OCH3 is 1. The summed E-state index contributed by atoms with van der Waals surface area (Å²) in [6.45, 7) is 3.53. The van der Waals surface area contributed by atoms with Crippen LogP contribution in [0.15, 0.2) is 0 Å². The molecule has 0 aliphatic heterocycles. The molecule has 5 heteroatoms. The van der Waals surface area contributed by atoms with Crippen LogP contribution in [0.3, 0.4) is 0 Å². The molecule has 0 heterocycles. The average molecular weight is 386 g/mol. The number of hydrogen-bond donors (Lipinski definition) is 1. The molecule has 0 unspecified atom stereocenters. The van der Waals surface area contributed by atoms with Crippen LogP contribution >= 0.6 is 0 Å². The number of unbranched alkanes of at least 4 members (excludes halogenated alkanes) is 13. The third kappa shape index (κ3) is 21.1. The number of carbonyl (C=O) groups is 2. The van der Waals surface area contributed by atoms with Gasteiger partial charge in [-0.05, 0) is 26.3 Å². The molecule has 0 aliphatic carbocycles. The van der Waals surface area contributed by atoms with E-state index >= 15 is 0 Å². The Hall–Kier alpha value is -1.10. The average Bonchev–Trinajstić information content (AvgIpc) is 2.67. The molecule has 0 amide bonds. The Morgan fingerprint density at radius 2 is 1.11 bits per heavy atom. The van der Waals surface area contributed by atoms with E-state index in [0.717, 1.165) is 25.8 Å². The zero-order valence-corrected chi connectivity index (χ0v) is 17.9. The van der Waals surface area contributed by atoms with Gasteiger partial charge in [-0.2, -0.15) is 0 Å². The predicted molar refractivity (Wildman–Crippen MR) is 111 cm³/mol. The topological polar surface area (TPSA) is 64.6 Å². The van der Waals surface area contributed by atoms with Crippen molar-refractivity contribution in [2.45, 2.75) is 103 Å². The first-order valence-electron chi connectivity index (χ1n) is 11.1. The third-order valence-electron chi connectivity index (χ3n) is 4.79. The van der Waals surface area contributed by atoms with Crippen molar-refractivity contribution in [1.29, 1.82) is 0 Å². The maximum absolute atomic E-state index is 11.1. The van der Waals surface area contributed by atoms with Crippen LogP contribution in [-0.2, 0) is 19.1 Å². The molecule has 0 radical (unpaired) electrons. The highest BCUT2D eigenvalue weighted by Gasteiger charge is 2.00. The fourth-order valence-corrected chi connectivity index (χ4v) is 3.15. The minimum atomic E-state index is -0.156. The summed E-state index contributed by atoms with van der Waals surface area (Å²) in [6.07, 6.45) is 18.3. The van der Waals surface area contributed by atoms with Gasteiger partial charge in [-0.1, -0.05) is 77.0 Å². The summed E-state index contributed by atoms with van der Waals surface area (Å²) >= 11 is 0. The number of rotatable bonds is 20. The lowest BCUT2D eigenvalue weighted by Crippen LogP contribution is -2.25. The summed E-state index contributed by atoms with van der Waals surface area (Å²) in [7, 11) is 1.45. The summed E-state index contributed by atoms with van der Waals surface area (Å²) in [6, 6.07) is 0. The van der Waals surface area contributed by atoms with Gasteiger partial charge in [0.25, 0.3) is 0 Å². The largest absolute Gasteiger partial charge is 0.469 e. The van der Waals surface area contributed by atoms with Gasteiger partial charge in [-0.25, -0.2) is 0 Å². The Kier molecular flexibility index (Phi) is 20.3. The Morgan fingerprint density at radius 1 is 0.667 bits per heavy atom. The van der Waals surface area contributed by atoms with Crippen molar-refractivity contribution in [3.05, 3.63) is 0 Å². The van der Waals surface area contributed by atoms with Gasteiger partial charge in [-0.15, -0.1) is 0 Å². The first kappa shape index (κ1) is 25.9. The lowest BCUT2D eigenvalue weighted by Gasteiger charge is -2.05. The number of carbonyl (C=O) groups excluding carboxylic acids is 2. The van der Waals surface area contributed by atoms with E-state index in [-0.39, 0.29) is 11.9 Å². The molecule has 27 heavy (non-hydrogen) atoms. The van der Waals surface area contributed by atoms with Gasteiger partial charge < -0.3 is 14.8 Å². The summed E-state index contributed by atoms with van der Waals surface area (Å²) in [5.74, 6) is -0.239. The number of nitrogens with one attached hydrogen (secondary N) is 1. The van der Waals surface area contributed by atoms with Crippen LogP contribution in [0.5, 0.6) is 0 Å². The Bertz CT molecular complexity index is 347. The molecule has 0 aromatic carbocycles. The van der Waals surface area contributed by atoms with E-state index in [1.807, 2.05) is 6.92 Å². The van der Waals surface area contributed by atoms with Crippen LogP contribution in [0.25, 0.3) is 0 Å². The Labute approximate surface area is 167 Å². The minimum absolute atomic E-state index is 0.0827. The van der Waals surface area contributed by atoms with Crippen molar-refractivity contribution in [2.75, 3.05) is 26.8 Å². The molecule has 0 aromatic heterocycles. The fraction of sp³-hybridized carbons (Fsp3) is 0.909. The SMILES string of the molecule is CCOC(=O)CNCCCCCCCCCCCCCCCCC(=O)OC. The molecule has 0 aliphatic rings. The second-order valence-electron chi connectivity index (χ2n) is 7.26. The van der Waals surface area contributed by atoms with Crippen molar-refractivity contribution in [3.63, 3.8) is 0 Å². The summed E-state index contributed by atoms with van der Waals surface area (Å²) in [5.41, 5.74) is 0. The standard InChI is InChI=1S/C22H43NO4/c1-3-27-22(25)20-23-19-17-15-13-11-9-7-5-4-6-8-10-12-14-16-18-21(24)26-2/h23H,3-20H2,1-2H3. The van der Waals surface area contributed by atoms with Crippen LogP contribution in [-0.4, -0.2) is 38.7 Å². The van der Waals surface area contributed by atoms with Crippen LogP contribution in [0, 0.1) is 0 Å². The highest BCUT2D eigenvalue weighted by Crippen LogP contribution is 2.13. The highest BCUT2D eigenvalue weighted by atomic mass is 16.5. The van der Waals surface area contributed by atoms with Gasteiger partial charge >= 0.3 is 11.9 Å². The Balaban J connectivity index is 3.07. The van der Waals surface area contributed by atoms with E-state index in [0.29, 0.717) is 19.6 Å². The van der Waals surface area contributed by atoms with Gasteiger partial charge in [0.1, 0.15) is 0 Å². The minimum Gasteiger partial charge on any atom is -0.469 e. The molecule has 0 saturated heterocycles. The van der Waals surface area contributed by atoms with Gasteiger partial charge in [0.2, 0.25) is 0 Å². The van der Waals surface area contributed by atoms with Crippen molar-refractivity contribution in [3.8, 4) is 0 Å². The smallest absolute Gasteiger partial charge is 0.319 e. The second-order valence-corrected chi connectivity index (χ2v) is 7.26. The molecular formula is C22H43NO4. The first-order valence-corrected chi connectivity index (χ1v) is 11.1. The van der Waals surface area contributed by atoms with Gasteiger partial charge in [-0.3, -0.25) is 9.59 Å². The van der Waals surface area contributed by atoms with Gasteiger partial charge in [0.05, 0.1) is 20.3 Å². The van der Waals surface area contributed by atoms with E-state index in [1.165, 1.54) is 77.7 Å². The molecule has 0 rings (SSSR count). The molecule has 160 valence electrons. The van der Waals surface area contributed by atoms with Crippen molar-refractivity contribution in [1.82, 2.24) is 5.32 Å². The van der Waals surface area contributed by atoms with E-state index in [4.69, 9.17) is 4.74 Å². The maximum atomic E-state index is 11.1. The Morgan fingerprint density at radius 3 is 1.56 bits per heavy atom. The van der Waals surface area contributed by atoms with E-state index in [9.17, 15) is 9.59 Å². The molecule has 5 nitrogen and oxygen atoms in total. The maximum Gasteiger partial charge on any atom is 0.319 e. The first-order chi connectivity index (χ1) is 13.2. The molecule has 0 aromatic rings. The quantitative estimate of drug-likeness (QED) is 0.231. The fourth-order valence-electron chi connectivity index (χ4n) is 3.15. The molecule has 0 spiro atoms. The van der Waals surface area contributed by atoms with Crippen LogP contribution in [0.1, 0.15) is 103 Å². The molecule has 0 fully saturated rings. The zero-order valence-electron chi connectivity index (χ0n) is 17.9. The number of esters is 2. The lowest BCUT2D eigenvalue weighted by atomic mass is 10.0. The highest BCUT2D eigenvalue weighted by molar-refractivity contribution is 5.71. The molecular weight excluding hydrogens is 342 g/mol. The second kappa shape index (κ2) is 21.2. The van der Waals surface area contributed by atoms with Crippen molar-refractivity contribution < 1.29 is 19.1 Å². The van der Waals surface area contributed by atoms with Crippen molar-refractivity contribution in [2.24, 2.45) is 0 Å². The molecule has 0 saturated carbocycles. The summed E-state index contributed by atoms with van der Waals surface area (Å²) in [4.78, 5) is 22.1. The monoisotopic (exact) mass is 385 g/mol. The van der Waals surface area contributed by atoms with E-state index in [2.05, 4.69) is 10.1 Å². The van der Waals surface area contributed by atoms with E-state index in [1.54, 1.807) is 0 Å². The van der Waals surface area contributed by atoms with Crippen LogP contribution in [0.2, 0.25) is 0 Å². The summed E-state index contributed by atoms with van der Waals surface area (Å²) in [5, 5.41) is 3.13. The predicted octanol–water partition coefficient (Wildman–Crippen LogP) is 5.16. The van der Waals surface area contributed by atoms with Gasteiger partial charge in [0.15, 0.2) is 0 Å². The van der Waals surface area contributed by atoms with Crippen molar-refractivity contribution >= 4 is 11.9 Å². The summed E-state index contributed by atoms with van der Waals surface area (Å²) < 4.78 is 9.50. The molecule has 0 atom stereocenters. The molecule has 0 bridgehead atoms.